The summed E-state index contributed by atoms with van der Waals surface area (Å²) in [5.74, 6) is -1.12. The number of rotatable bonds is 13. The second kappa shape index (κ2) is 16.6. The number of aromatic nitrogens is 2. The monoisotopic (exact) mass is 676 g/mol. The topological polar surface area (TPSA) is 153 Å². The molecule has 0 bridgehead atoms. The maximum Gasteiger partial charge on any atom is 0.408 e. The number of imidazole rings is 1. The van der Waals surface area contributed by atoms with Crippen LogP contribution in [-0.4, -0.2) is 88.4 Å². The van der Waals surface area contributed by atoms with Crippen LogP contribution < -0.4 is 16.0 Å². The van der Waals surface area contributed by atoms with Crippen molar-refractivity contribution < 1.29 is 33.4 Å². The summed E-state index contributed by atoms with van der Waals surface area (Å²) in [6.45, 7) is 9.34. The van der Waals surface area contributed by atoms with Gasteiger partial charge in [-0.15, -0.1) is 0 Å². The fraction of sp³-hybridized carbons (Fsp3) is 0.472. The number of carbonyl (C=O) groups is 4. The van der Waals surface area contributed by atoms with E-state index in [0.717, 1.165) is 24.0 Å². The Balaban J connectivity index is 1.50. The van der Waals surface area contributed by atoms with E-state index in [1.807, 2.05) is 65.6 Å². The summed E-state index contributed by atoms with van der Waals surface area (Å²) in [6.07, 6.45) is 3.94. The highest BCUT2D eigenvalue weighted by Gasteiger charge is 2.35. The number of amides is 4. The number of carbonyl (C=O) groups excluding carboxylic acids is 4. The van der Waals surface area contributed by atoms with Crippen LogP contribution in [0.4, 0.5) is 10.6 Å². The minimum Gasteiger partial charge on any atom is -0.444 e. The van der Waals surface area contributed by atoms with Gasteiger partial charge in [0.05, 0.1) is 25.6 Å². The number of nitrogens with one attached hydrogen (secondary N) is 3. The van der Waals surface area contributed by atoms with Gasteiger partial charge in [-0.05, 0) is 58.6 Å². The van der Waals surface area contributed by atoms with Crippen LogP contribution in [0.15, 0.2) is 73.2 Å². The number of benzene rings is 2. The van der Waals surface area contributed by atoms with Crippen LogP contribution >= 0.6 is 0 Å². The van der Waals surface area contributed by atoms with Crippen LogP contribution in [-0.2, 0) is 35.2 Å². The van der Waals surface area contributed by atoms with Crippen molar-refractivity contribution in [3.8, 4) is 0 Å². The number of ether oxygens (including phenoxy) is 3. The van der Waals surface area contributed by atoms with Crippen LogP contribution in [0, 0.1) is 0 Å². The first-order valence-corrected chi connectivity index (χ1v) is 16.4. The molecule has 2 heterocycles. The third-order valence-corrected chi connectivity index (χ3v) is 7.99. The van der Waals surface area contributed by atoms with E-state index in [1.54, 1.807) is 38.6 Å². The molecule has 1 unspecified atom stereocenters. The summed E-state index contributed by atoms with van der Waals surface area (Å²) in [7, 11) is 1.68. The van der Waals surface area contributed by atoms with E-state index < -0.39 is 41.1 Å². The van der Waals surface area contributed by atoms with Crippen molar-refractivity contribution in [3.05, 3.63) is 84.3 Å². The lowest BCUT2D eigenvalue weighted by molar-refractivity contribution is -0.136. The third kappa shape index (κ3) is 10.9. The number of likely N-dealkylation sites (tertiary alicyclic amines) is 1. The van der Waals surface area contributed by atoms with E-state index in [1.165, 1.54) is 20.2 Å². The SMILES string of the molecule is COC1CCN(C(=O)C(c2ccccc2)n2cnc(NC(=O)[C@@H](COCc3ccccc3)NC(=O)C(C)(C)NC(=O)OC(C)(C)C)c2)CC1. The summed E-state index contributed by atoms with van der Waals surface area (Å²) >= 11 is 0. The number of piperidine rings is 1. The molecule has 3 aromatic rings. The average Bonchev–Trinajstić information content (AvgIpc) is 3.51. The molecule has 3 N–H and O–H groups in total. The van der Waals surface area contributed by atoms with Crippen molar-refractivity contribution in [1.82, 2.24) is 25.1 Å². The van der Waals surface area contributed by atoms with Crippen molar-refractivity contribution in [2.45, 2.75) is 83.4 Å². The normalized spacial score (nSPS) is 15.2. The second-order valence-electron chi connectivity index (χ2n) is 13.5. The lowest BCUT2D eigenvalue weighted by atomic mass is 10.0. The van der Waals surface area contributed by atoms with E-state index in [0.29, 0.717) is 13.1 Å². The Morgan fingerprint density at radius 2 is 1.57 bits per heavy atom. The summed E-state index contributed by atoms with van der Waals surface area (Å²) in [5, 5.41) is 8.02. The molecule has 49 heavy (non-hydrogen) atoms. The number of anilines is 1. The third-order valence-electron chi connectivity index (χ3n) is 7.99. The van der Waals surface area contributed by atoms with Crippen molar-refractivity contribution >= 4 is 29.6 Å². The zero-order valence-corrected chi connectivity index (χ0v) is 29.1. The van der Waals surface area contributed by atoms with Gasteiger partial charge in [0.2, 0.25) is 11.8 Å². The standard InChI is InChI=1S/C36H48N6O7/c1-35(2,3)49-34(46)40-36(4,5)33(45)38-28(23-48-22-25-13-9-7-10-14-25)31(43)39-29-21-42(24-37-29)30(26-15-11-8-12-16-26)32(44)41-19-17-27(47-6)18-20-41/h7-16,21,24,27-28,30H,17-20,22-23H2,1-6H3,(H,38,45)(H,39,43)(H,40,46)/t28-,30?/m1/s1. The molecule has 0 spiro atoms. The highest BCUT2D eigenvalue weighted by molar-refractivity contribution is 5.98. The molecular weight excluding hydrogens is 628 g/mol. The van der Waals surface area contributed by atoms with E-state index in [2.05, 4.69) is 20.9 Å². The van der Waals surface area contributed by atoms with Gasteiger partial charge in [0.1, 0.15) is 23.2 Å². The van der Waals surface area contributed by atoms with Gasteiger partial charge < -0.3 is 39.6 Å². The van der Waals surface area contributed by atoms with Gasteiger partial charge >= 0.3 is 6.09 Å². The lowest BCUT2D eigenvalue weighted by Gasteiger charge is -2.34. The maximum atomic E-state index is 13.9. The van der Waals surface area contributed by atoms with Crippen LogP contribution in [0.5, 0.6) is 0 Å². The average molecular weight is 677 g/mol. The van der Waals surface area contributed by atoms with Crippen LogP contribution in [0.25, 0.3) is 0 Å². The molecule has 1 aliphatic rings. The number of hydrogen-bond donors (Lipinski definition) is 3. The molecule has 0 aliphatic carbocycles. The Labute approximate surface area is 287 Å². The Morgan fingerprint density at radius 1 is 0.939 bits per heavy atom. The van der Waals surface area contributed by atoms with Crippen LogP contribution in [0.1, 0.15) is 64.6 Å². The first kappa shape index (κ1) is 37.1. The molecule has 4 amide bonds. The highest BCUT2D eigenvalue weighted by atomic mass is 16.6. The molecule has 2 aromatic carbocycles. The number of hydrogen-bond acceptors (Lipinski definition) is 8. The summed E-state index contributed by atoms with van der Waals surface area (Å²) in [5.41, 5.74) is -0.528. The van der Waals surface area contributed by atoms with Gasteiger partial charge in [0, 0.05) is 26.4 Å². The predicted octanol–water partition coefficient (Wildman–Crippen LogP) is 4.05. The minimum atomic E-state index is -1.43. The molecule has 264 valence electrons. The maximum absolute atomic E-state index is 13.9. The van der Waals surface area contributed by atoms with Gasteiger partial charge in [-0.3, -0.25) is 14.4 Å². The van der Waals surface area contributed by atoms with Crippen molar-refractivity contribution in [3.63, 3.8) is 0 Å². The Hall–Kier alpha value is -4.75. The van der Waals surface area contributed by atoms with Gasteiger partial charge in [-0.1, -0.05) is 60.7 Å². The van der Waals surface area contributed by atoms with Crippen LogP contribution in [0.2, 0.25) is 0 Å². The van der Waals surface area contributed by atoms with Gasteiger partial charge in [0.25, 0.3) is 5.91 Å². The predicted molar refractivity (Wildman–Crippen MR) is 184 cm³/mol. The Morgan fingerprint density at radius 3 is 2.18 bits per heavy atom. The van der Waals surface area contributed by atoms with Crippen LogP contribution in [0.3, 0.4) is 0 Å². The number of methoxy groups -OCH3 is 1. The first-order valence-electron chi connectivity index (χ1n) is 16.4. The molecular formula is C36H48N6O7. The molecule has 13 nitrogen and oxygen atoms in total. The fourth-order valence-corrected chi connectivity index (χ4v) is 5.32. The fourth-order valence-electron chi connectivity index (χ4n) is 5.32. The quantitative estimate of drug-likeness (QED) is 0.245. The van der Waals surface area contributed by atoms with Crippen molar-refractivity contribution in [1.29, 1.82) is 0 Å². The molecule has 1 fully saturated rings. The summed E-state index contributed by atoms with van der Waals surface area (Å²) < 4.78 is 18.3. The molecule has 0 radical (unpaired) electrons. The van der Waals surface area contributed by atoms with E-state index >= 15 is 0 Å². The van der Waals surface area contributed by atoms with E-state index in [-0.39, 0.29) is 31.0 Å². The lowest BCUT2D eigenvalue weighted by Crippen LogP contribution is -2.59. The molecule has 1 saturated heterocycles. The largest absolute Gasteiger partial charge is 0.444 e. The molecule has 4 rings (SSSR count). The molecule has 13 heteroatoms. The molecule has 0 saturated carbocycles. The molecule has 1 aromatic heterocycles. The van der Waals surface area contributed by atoms with Gasteiger partial charge in [-0.25, -0.2) is 9.78 Å². The summed E-state index contributed by atoms with van der Waals surface area (Å²) in [6, 6.07) is 16.9. The number of nitrogens with zero attached hydrogens (tertiary/aromatic N) is 3. The van der Waals surface area contributed by atoms with E-state index in [4.69, 9.17) is 14.2 Å². The van der Waals surface area contributed by atoms with Gasteiger partial charge in [-0.2, -0.15) is 0 Å². The minimum absolute atomic E-state index is 0.0878. The van der Waals surface area contributed by atoms with Crippen molar-refractivity contribution in [2.75, 3.05) is 32.1 Å². The van der Waals surface area contributed by atoms with E-state index in [9.17, 15) is 19.2 Å². The van der Waals surface area contributed by atoms with Gasteiger partial charge in [0.15, 0.2) is 5.82 Å². The number of alkyl carbamates (subject to hydrolysis) is 1. The second-order valence-corrected chi connectivity index (χ2v) is 13.5. The molecule has 1 aliphatic heterocycles. The first-order chi connectivity index (χ1) is 23.3. The summed E-state index contributed by atoms with van der Waals surface area (Å²) in [4.78, 5) is 59.6. The Bertz CT molecular complexity index is 1550. The zero-order valence-electron chi connectivity index (χ0n) is 29.1. The molecule has 2 atom stereocenters. The zero-order chi connectivity index (χ0) is 35.6. The Kier molecular flexibility index (Phi) is 12.5. The smallest absolute Gasteiger partial charge is 0.408 e. The van der Waals surface area contributed by atoms with Crippen molar-refractivity contribution in [2.24, 2.45) is 0 Å². The highest BCUT2D eigenvalue weighted by Crippen LogP contribution is 2.25.